The molecule has 0 aromatic heterocycles. The van der Waals surface area contributed by atoms with E-state index in [-0.39, 0.29) is 6.61 Å². The number of benzene rings is 3. The molecule has 0 amide bonds. The molecule has 0 fully saturated rings. The summed E-state index contributed by atoms with van der Waals surface area (Å²) in [6.07, 6.45) is 0. The minimum absolute atomic E-state index is 0.0163. The summed E-state index contributed by atoms with van der Waals surface area (Å²) in [5.74, 6) is 0.688. The van der Waals surface area contributed by atoms with Gasteiger partial charge in [-0.2, -0.15) is 0 Å². The Morgan fingerprint density at radius 1 is 0.188 bits per heavy atom. The van der Waals surface area contributed by atoms with Crippen LogP contribution in [0.4, 0.5) is 0 Å². The van der Waals surface area contributed by atoms with Gasteiger partial charge < -0.3 is 128 Å². The van der Waals surface area contributed by atoms with E-state index in [1.165, 1.54) is 0 Å². The molecule has 0 aliphatic rings. The maximum Gasteiger partial charge on any atom is 0.171 e. The molecule has 0 radical (unpaired) electrons. The summed E-state index contributed by atoms with van der Waals surface area (Å²) in [6.45, 7) is 23.2. The number of hydrogen-bond donors (Lipinski definition) is 1. The third-order valence-corrected chi connectivity index (χ3v) is 15.8. The fourth-order valence-corrected chi connectivity index (χ4v) is 10.6. The molecule has 1 N–H and O–H groups in total. The van der Waals surface area contributed by atoms with Crippen molar-refractivity contribution in [3.63, 3.8) is 0 Å². The van der Waals surface area contributed by atoms with Crippen molar-refractivity contribution in [2.45, 2.75) is 0 Å². The number of hydrogen-bond acceptors (Lipinski definition) is 27. The lowest BCUT2D eigenvalue weighted by atomic mass is 10.3. The van der Waals surface area contributed by atoms with Crippen LogP contribution in [-0.4, -0.2) is 335 Å². The monoisotopic (exact) mass is 1390 g/mol. The minimum Gasteiger partial charge on any atom is -0.491 e. The van der Waals surface area contributed by atoms with Crippen molar-refractivity contribution in [2.24, 2.45) is 0 Å². The van der Waals surface area contributed by atoms with Gasteiger partial charge in [-0.15, -0.1) is 0 Å². The van der Waals surface area contributed by atoms with Crippen LogP contribution in [0, 0.1) is 0 Å². The van der Waals surface area contributed by atoms with Gasteiger partial charge in [-0.1, -0.05) is 60.7 Å². The molecule has 0 aliphatic carbocycles. The van der Waals surface area contributed by atoms with Crippen molar-refractivity contribution in [3.05, 3.63) is 84.9 Å². The van der Waals surface area contributed by atoms with Gasteiger partial charge in [-0.25, -0.2) is 0 Å². The Morgan fingerprint density at radius 3 is 0.500 bits per heavy atom. The molecular formula is C68H115O27P. The van der Waals surface area contributed by atoms with Crippen molar-refractivity contribution >= 4 is 23.1 Å². The van der Waals surface area contributed by atoms with Gasteiger partial charge in [-0.05, 0) is 24.3 Å². The van der Waals surface area contributed by atoms with Crippen LogP contribution in [0.1, 0.15) is 0 Å². The van der Waals surface area contributed by atoms with Crippen LogP contribution in [0.3, 0.4) is 0 Å². The van der Waals surface area contributed by atoms with Crippen LogP contribution < -0.4 is 20.7 Å². The zero-order valence-corrected chi connectivity index (χ0v) is 57.8. The third kappa shape index (κ3) is 53.6. The van der Waals surface area contributed by atoms with Crippen molar-refractivity contribution < 1.29 is 128 Å². The lowest BCUT2D eigenvalue weighted by Crippen LogP contribution is -2.24. The highest BCUT2D eigenvalue weighted by Gasteiger charge is 2.29. The lowest BCUT2D eigenvalue weighted by Gasteiger charge is -2.20. The van der Waals surface area contributed by atoms with Crippen LogP contribution in [-0.2, 0) is 118 Å². The van der Waals surface area contributed by atoms with Crippen LogP contribution in [0.25, 0.3) is 0 Å². The first-order chi connectivity index (χ1) is 47.7. The Kier molecular flexibility index (Phi) is 63.5. The van der Waals surface area contributed by atoms with E-state index in [0.717, 1.165) is 15.9 Å². The maximum atomic E-state index is 14.5. The summed E-state index contributed by atoms with van der Waals surface area (Å²) in [5, 5.41) is 11.0. The van der Waals surface area contributed by atoms with Crippen molar-refractivity contribution in [1.82, 2.24) is 0 Å². The van der Waals surface area contributed by atoms with Gasteiger partial charge in [0.15, 0.2) is 7.14 Å². The van der Waals surface area contributed by atoms with E-state index < -0.39 is 7.14 Å². The van der Waals surface area contributed by atoms with Gasteiger partial charge in [0.25, 0.3) is 0 Å². The highest BCUT2D eigenvalue weighted by Crippen LogP contribution is 2.42. The van der Waals surface area contributed by atoms with E-state index in [2.05, 4.69) is 0 Å². The molecular weight excluding hydrogens is 1280 g/mol. The molecule has 3 rings (SSSR count). The smallest absolute Gasteiger partial charge is 0.171 e. The topological polar surface area (TPSA) is 268 Å². The Bertz CT molecular complexity index is 2020. The zero-order chi connectivity index (χ0) is 67.7. The molecule has 96 heavy (non-hydrogen) atoms. The molecule has 3 aromatic carbocycles. The Hall–Kier alpha value is -3.31. The van der Waals surface area contributed by atoms with Gasteiger partial charge in [0.05, 0.1) is 324 Å². The zero-order valence-electron chi connectivity index (χ0n) is 56.9. The Balaban J connectivity index is 0.868. The van der Waals surface area contributed by atoms with Crippen LogP contribution >= 0.6 is 7.14 Å². The fourth-order valence-electron chi connectivity index (χ4n) is 7.92. The van der Waals surface area contributed by atoms with Crippen molar-refractivity contribution in [2.75, 3.05) is 330 Å². The second-order valence-corrected chi connectivity index (χ2v) is 22.8. The molecule has 0 unspecified atom stereocenters. The predicted molar refractivity (Wildman–Crippen MR) is 358 cm³/mol. The molecule has 554 valence electrons. The Morgan fingerprint density at radius 2 is 0.333 bits per heavy atom. The van der Waals surface area contributed by atoms with Crippen molar-refractivity contribution in [1.29, 1.82) is 0 Å². The van der Waals surface area contributed by atoms with Crippen LogP contribution in [0.5, 0.6) is 5.75 Å². The van der Waals surface area contributed by atoms with E-state index in [1.807, 2.05) is 84.9 Å². The molecule has 0 atom stereocenters. The highest BCUT2D eigenvalue weighted by molar-refractivity contribution is 7.85. The first kappa shape index (κ1) is 86.9. The van der Waals surface area contributed by atoms with Gasteiger partial charge in [-0.3, -0.25) is 0 Å². The normalized spacial score (nSPS) is 11.8. The molecule has 27 nitrogen and oxygen atoms in total. The molecule has 28 heteroatoms. The number of ether oxygens (including phenoxy) is 25. The molecule has 0 bridgehead atoms. The van der Waals surface area contributed by atoms with Crippen LogP contribution in [0.2, 0.25) is 0 Å². The first-order valence-electron chi connectivity index (χ1n) is 33.7. The van der Waals surface area contributed by atoms with Gasteiger partial charge >= 0.3 is 0 Å². The molecule has 0 saturated carbocycles. The summed E-state index contributed by atoms with van der Waals surface area (Å²) < 4.78 is 152. The van der Waals surface area contributed by atoms with E-state index in [0.29, 0.717) is 329 Å². The second-order valence-electron chi connectivity index (χ2n) is 20.0. The van der Waals surface area contributed by atoms with E-state index in [9.17, 15) is 4.57 Å². The van der Waals surface area contributed by atoms with Gasteiger partial charge in [0.2, 0.25) is 0 Å². The van der Waals surface area contributed by atoms with Gasteiger partial charge in [0.1, 0.15) is 12.4 Å². The van der Waals surface area contributed by atoms with Crippen LogP contribution in [0.15, 0.2) is 84.9 Å². The standard InChI is InChI=1S/C68H115O27P/c69-15-16-71-17-18-72-19-20-73-21-22-74-23-24-75-25-26-76-27-28-77-29-30-78-31-32-79-33-34-80-35-36-81-37-38-82-39-40-83-41-42-84-43-44-85-45-46-86-47-48-87-49-50-88-51-52-89-53-54-90-55-56-91-57-58-92-59-60-93-61-62-94-63-64-95-65-11-13-68(14-12-65)96(70,66-7-3-1-4-8-66)67-9-5-2-6-10-67/h1-14,69H,15-64H2. The quantitative estimate of drug-likeness (QED) is 0.0628. The largest absolute Gasteiger partial charge is 0.491 e. The molecule has 0 spiro atoms. The van der Waals surface area contributed by atoms with E-state index in [1.54, 1.807) is 0 Å². The molecule has 3 aromatic rings. The molecule has 0 heterocycles. The lowest BCUT2D eigenvalue weighted by molar-refractivity contribution is -0.0320. The predicted octanol–water partition coefficient (Wildman–Crippen LogP) is 3.10. The molecule has 0 saturated heterocycles. The third-order valence-electron chi connectivity index (χ3n) is 12.7. The summed E-state index contributed by atoms with van der Waals surface area (Å²) in [7, 11) is -3.02. The second kappa shape index (κ2) is 70.1. The van der Waals surface area contributed by atoms with Crippen molar-refractivity contribution in [3.8, 4) is 5.75 Å². The first-order valence-corrected chi connectivity index (χ1v) is 35.4. The molecule has 0 aliphatic heterocycles. The summed E-state index contributed by atoms with van der Waals surface area (Å²) in [4.78, 5) is 0. The number of aliphatic hydroxyl groups excluding tert-OH is 1. The minimum atomic E-state index is -3.02. The average molecular weight is 1400 g/mol. The maximum absolute atomic E-state index is 14.5. The number of aliphatic hydroxyl groups is 1. The SMILES string of the molecule is O=P(c1ccccc1)(c1ccccc1)c1ccc(OCCOCCOCCOCCOCCOCCOCCOCCOCCOCCOCCOCCOCCOCCOCCOCCOCCOCCOCCOCCOCCOCCOCCOCCOCCO)cc1. The average Bonchev–Trinajstić information content (AvgIpc) is 0.774. The van der Waals surface area contributed by atoms with Gasteiger partial charge in [0, 0.05) is 15.9 Å². The van der Waals surface area contributed by atoms with E-state index >= 15 is 0 Å². The summed E-state index contributed by atoms with van der Waals surface area (Å²) in [6, 6.07) is 26.7. The highest BCUT2D eigenvalue weighted by atomic mass is 31.2. The summed E-state index contributed by atoms with van der Waals surface area (Å²) in [5.41, 5.74) is 0. The fraction of sp³-hybridized carbons (Fsp3) is 0.735. The van der Waals surface area contributed by atoms with E-state index in [4.69, 9.17) is 124 Å². The number of rotatable bonds is 78. The summed E-state index contributed by atoms with van der Waals surface area (Å²) >= 11 is 0. The Labute approximate surface area is 570 Å².